The van der Waals surface area contributed by atoms with Crippen LogP contribution < -0.4 is 15.8 Å². The summed E-state index contributed by atoms with van der Waals surface area (Å²) in [5.74, 6) is 0.605. The van der Waals surface area contributed by atoms with Gasteiger partial charge in [0.2, 0.25) is 5.91 Å². The highest BCUT2D eigenvalue weighted by atomic mass is 16.5. The molecule has 3 rings (SSSR count). The van der Waals surface area contributed by atoms with Gasteiger partial charge in [-0.1, -0.05) is 24.3 Å². The van der Waals surface area contributed by atoms with Crippen LogP contribution in [0.25, 0.3) is 0 Å². The fraction of sp³-hybridized carbons (Fsp3) is 0.316. The molecule has 2 aromatic carbocycles. The van der Waals surface area contributed by atoms with E-state index in [9.17, 15) is 4.79 Å². The van der Waals surface area contributed by atoms with Crippen molar-refractivity contribution in [2.24, 2.45) is 0 Å². The van der Waals surface area contributed by atoms with Crippen molar-refractivity contribution in [1.29, 1.82) is 0 Å². The summed E-state index contributed by atoms with van der Waals surface area (Å²) >= 11 is 0. The topological polar surface area (TPSA) is 67.6 Å². The van der Waals surface area contributed by atoms with E-state index >= 15 is 0 Å². The fourth-order valence-corrected chi connectivity index (χ4v) is 3.02. The number of rotatable bonds is 4. The van der Waals surface area contributed by atoms with Gasteiger partial charge in [-0.15, -0.1) is 0 Å². The number of anilines is 2. The van der Waals surface area contributed by atoms with Gasteiger partial charge in [0, 0.05) is 19.2 Å². The van der Waals surface area contributed by atoms with Gasteiger partial charge in [0.15, 0.2) is 0 Å². The first-order chi connectivity index (χ1) is 11.6. The predicted molar refractivity (Wildman–Crippen MR) is 96.1 cm³/mol. The molecule has 5 nitrogen and oxygen atoms in total. The van der Waals surface area contributed by atoms with Crippen LogP contribution in [-0.2, 0) is 17.8 Å². The van der Waals surface area contributed by atoms with E-state index in [2.05, 4.69) is 28.4 Å². The average molecular weight is 325 g/mol. The number of methoxy groups -OCH3 is 1. The number of carbonyl (C=O) groups excluding carboxylic acids is 1. The SMILES string of the molecule is COc1ccc(N)c(NC(=O)C(C)N2CCc3ccccc3C2)c1. The lowest BCUT2D eigenvalue weighted by Crippen LogP contribution is -2.44. The maximum atomic E-state index is 12.6. The monoisotopic (exact) mass is 325 g/mol. The summed E-state index contributed by atoms with van der Waals surface area (Å²) < 4.78 is 5.19. The van der Waals surface area contributed by atoms with E-state index < -0.39 is 0 Å². The third-order valence-corrected chi connectivity index (χ3v) is 4.61. The molecule has 1 amide bonds. The van der Waals surface area contributed by atoms with Crippen LogP contribution in [0.3, 0.4) is 0 Å². The fourth-order valence-electron chi connectivity index (χ4n) is 3.02. The summed E-state index contributed by atoms with van der Waals surface area (Å²) in [6, 6.07) is 13.4. The minimum absolute atomic E-state index is 0.0608. The van der Waals surface area contributed by atoms with Crippen molar-refractivity contribution in [3.8, 4) is 5.75 Å². The summed E-state index contributed by atoms with van der Waals surface area (Å²) in [5.41, 5.74) is 9.73. The molecule has 0 radical (unpaired) electrons. The van der Waals surface area contributed by atoms with E-state index in [0.717, 1.165) is 19.5 Å². The highest BCUT2D eigenvalue weighted by molar-refractivity contribution is 5.97. The Bertz CT molecular complexity index is 745. The van der Waals surface area contributed by atoms with Gasteiger partial charge in [-0.2, -0.15) is 0 Å². The Hall–Kier alpha value is -2.53. The van der Waals surface area contributed by atoms with Crippen molar-refractivity contribution in [1.82, 2.24) is 4.90 Å². The Morgan fingerprint density at radius 2 is 2.00 bits per heavy atom. The zero-order chi connectivity index (χ0) is 17.1. The second kappa shape index (κ2) is 6.93. The van der Waals surface area contributed by atoms with Gasteiger partial charge < -0.3 is 15.8 Å². The molecule has 1 aliphatic rings. The zero-order valence-corrected chi connectivity index (χ0v) is 14.1. The molecule has 0 fully saturated rings. The number of hydrogen-bond acceptors (Lipinski definition) is 4. The van der Waals surface area contributed by atoms with Crippen LogP contribution in [0.4, 0.5) is 11.4 Å². The van der Waals surface area contributed by atoms with E-state index in [0.29, 0.717) is 17.1 Å². The first-order valence-corrected chi connectivity index (χ1v) is 8.13. The van der Waals surface area contributed by atoms with Gasteiger partial charge in [0.25, 0.3) is 0 Å². The van der Waals surface area contributed by atoms with Gasteiger partial charge >= 0.3 is 0 Å². The van der Waals surface area contributed by atoms with Gasteiger partial charge in [-0.3, -0.25) is 9.69 Å². The number of nitrogens with two attached hydrogens (primary N) is 1. The number of nitrogens with one attached hydrogen (secondary N) is 1. The molecule has 2 aromatic rings. The molecule has 0 saturated carbocycles. The van der Waals surface area contributed by atoms with Crippen molar-refractivity contribution in [3.05, 3.63) is 53.6 Å². The van der Waals surface area contributed by atoms with Crippen LogP contribution in [0.5, 0.6) is 5.75 Å². The number of fused-ring (bicyclic) bond motifs is 1. The lowest BCUT2D eigenvalue weighted by molar-refractivity contribution is -0.121. The van der Waals surface area contributed by atoms with Crippen LogP contribution in [0.15, 0.2) is 42.5 Å². The third-order valence-electron chi connectivity index (χ3n) is 4.61. The Balaban J connectivity index is 1.70. The number of hydrogen-bond donors (Lipinski definition) is 2. The van der Waals surface area contributed by atoms with Gasteiger partial charge in [-0.25, -0.2) is 0 Å². The van der Waals surface area contributed by atoms with Gasteiger partial charge in [-0.05, 0) is 36.6 Å². The third kappa shape index (κ3) is 3.36. The quantitative estimate of drug-likeness (QED) is 0.848. The molecule has 3 N–H and O–H groups in total. The lowest BCUT2D eigenvalue weighted by atomic mass is 9.99. The first-order valence-electron chi connectivity index (χ1n) is 8.13. The molecular weight excluding hydrogens is 302 g/mol. The molecule has 1 unspecified atom stereocenters. The molecule has 5 heteroatoms. The van der Waals surface area contributed by atoms with Gasteiger partial charge in [0.05, 0.1) is 24.5 Å². The second-order valence-electron chi connectivity index (χ2n) is 6.11. The molecule has 24 heavy (non-hydrogen) atoms. The minimum atomic E-state index is -0.232. The smallest absolute Gasteiger partial charge is 0.241 e. The van der Waals surface area contributed by atoms with Crippen LogP contribution >= 0.6 is 0 Å². The maximum absolute atomic E-state index is 12.6. The van der Waals surface area contributed by atoms with E-state index in [-0.39, 0.29) is 11.9 Å². The summed E-state index contributed by atoms with van der Waals surface area (Å²) in [5, 5.41) is 2.92. The van der Waals surface area contributed by atoms with E-state index in [1.807, 2.05) is 13.0 Å². The predicted octanol–water partition coefficient (Wildman–Crippen LogP) is 2.66. The molecule has 0 bridgehead atoms. The number of benzene rings is 2. The summed E-state index contributed by atoms with van der Waals surface area (Å²) in [6.45, 7) is 3.59. The van der Waals surface area contributed by atoms with E-state index in [1.54, 1.807) is 25.3 Å². The normalized spacial score (nSPS) is 15.4. The molecule has 1 heterocycles. The number of carbonyl (C=O) groups is 1. The Kier molecular flexibility index (Phi) is 4.71. The van der Waals surface area contributed by atoms with E-state index in [1.165, 1.54) is 11.1 Å². The van der Waals surface area contributed by atoms with Crippen LogP contribution in [0.2, 0.25) is 0 Å². The largest absolute Gasteiger partial charge is 0.497 e. The van der Waals surface area contributed by atoms with Crippen LogP contribution in [-0.4, -0.2) is 30.5 Å². The molecule has 0 saturated heterocycles. The summed E-state index contributed by atoms with van der Waals surface area (Å²) in [4.78, 5) is 14.8. The molecule has 1 aliphatic heterocycles. The van der Waals surface area contributed by atoms with Crippen molar-refractivity contribution < 1.29 is 9.53 Å². The lowest BCUT2D eigenvalue weighted by Gasteiger charge is -2.33. The van der Waals surface area contributed by atoms with Crippen molar-refractivity contribution >= 4 is 17.3 Å². The summed E-state index contributed by atoms with van der Waals surface area (Å²) in [7, 11) is 1.59. The molecule has 126 valence electrons. The molecular formula is C19H23N3O2. The number of nitrogens with zero attached hydrogens (tertiary/aromatic N) is 1. The van der Waals surface area contributed by atoms with E-state index in [4.69, 9.17) is 10.5 Å². The zero-order valence-electron chi connectivity index (χ0n) is 14.1. The first kappa shape index (κ1) is 16.3. The van der Waals surface area contributed by atoms with Crippen LogP contribution in [0, 0.1) is 0 Å². The second-order valence-corrected chi connectivity index (χ2v) is 6.11. The maximum Gasteiger partial charge on any atom is 0.241 e. The average Bonchev–Trinajstić information content (AvgIpc) is 2.62. The molecule has 0 aromatic heterocycles. The van der Waals surface area contributed by atoms with Gasteiger partial charge in [0.1, 0.15) is 5.75 Å². The molecule has 0 spiro atoms. The number of nitrogen functional groups attached to an aromatic ring is 1. The highest BCUT2D eigenvalue weighted by Crippen LogP contribution is 2.25. The standard InChI is InChI=1S/C19H23N3O2/c1-13(22-10-9-14-5-3-4-6-15(14)12-22)19(23)21-18-11-16(24-2)7-8-17(18)20/h3-8,11,13H,9-10,12,20H2,1-2H3,(H,21,23). The Morgan fingerprint density at radius 1 is 1.25 bits per heavy atom. The van der Waals surface area contributed by atoms with Crippen molar-refractivity contribution in [2.45, 2.75) is 25.9 Å². The van der Waals surface area contributed by atoms with Crippen molar-refractivity contribution in [2.75, 3.05) is 24.7 Å². The minimum Gasteiger partial charge on any atom is -0.497 e. The summed E-state index contributed by atoms with van der Waals surface area (Å²) in [6.07, 6.45) is 0.967. The highest BCUT2D eigenvalue weighted by Gasteiger charge is 2.25. The Labute approximate surface area is 142 Å². The molecule has 1 atom stereocenters. The number of amides is 1. The van der Waals surface area contributed by atoms with Crippen LogP contribution in [0.1, 0.15) is 18.1 Å². The van der Waals surface area contributed by atoms with Crippen molar-refractivity contribution in [3.63, 3.8) is 0 Å². The molecule has 0 aliphatic carbocycles. The number of ether oxygens (including phenoxy) is 1. The Morgan fingerprint density at radius 3 is 2.75 bits per heavy atom.